The molecule has 2 aliphatic rings. The Balaban J connectivity index is 2.45. The Hall–Kier alpha value is 0.140. The molecule has 0 aromatic heterocycles. The summed E-state index contributed by atoms with van der Waals surface area (Å²) < 4.78 is 0. The summed E-state index contributed by atoms with van der Waals surface area (Å²) in [6.07, 6.45) is 6.98. The standard InChI is InChI=1S/C15H20Br2O/c1-10-8-12(18)13(17)14(2,3)15(10)6-4-11(9-16)5-7-15/h4,6,9,12-13,18H,1,5,7-8H2,2-3H3/b11-9+/t12-,13-,15-/m1/s1. The average Bonchev–Trinajstić information content (AvgIpc) is 2.35. The van der Waals surface area contributed by atoms with E-state index >= 15 is 0 Å². The number of hydrogen-bond donors (Lipinski definition) is 1. The van der Waals surface area contributed by atoms with Gasteiger partial charge in [-0.2, -0.15) is 0 Å². The lowest BCUT2D eigenvalue weighted by molar-refractivity contribution is 0.0288. The molecule has 0 radical (unpaired) electrons. The van der Waals surface area contributed by atoms with E-state index in [-0.39, 0.29) is 21.8 Å². The normalized spacial score (nSPS) is 41.6. The second-order valence-corrected chi connectivity index (χ2v) is 7.43. The van der Waals surface area contributed by atoms with Crippen molar-refractivity contribution in [2.24, 2.45) is 10.8 Å². The molecule has 0 amide bonds. The van der Waals surface area contributed by atoms with Crippen molar-refractivity contribution in [2.75, 3.05) is 0 Å². The number of hydrogen-bond acceptors (Lipinski definition) is 1. The number of rotatable bonds is 0. The molecule has 0 aromatic rings. The predicted octanol–water partition coefficient (Wildman–Crippen LogP) is 4.71. The summed E-state index contributed by atoms with van der Waals surface area (Å²) in [6, 6.07) is 0. The highest BCUT2D eigenvalue weighted by Crippen LogP contribution is 2.60. The molecule has 3 atom stereocenters. The lowest BCUT2D eigenvalue weighted by atomic mass is 9.52. The van der Waals surface area contributed by atoms with Crippen LogP contribution < -0.4 is 0 Å². The molecule has 0 aliphatic heterocycles. The van der Waals surface area contributed by atoms with Crippen LogP contribution in [-0.4, -0.2) is 16.0 Å². The molecule has 0 unspecified atom stereocenters. The van der Waals surface area contributed by atoms with Crippen molar-refractivity contribution in [3.8, 4) is 0 Å². The van der Waals surface area contributed by atoms with Crippen LogP contribution in [0.15, 0.2) is 34.9 Å². The van der Waals surface area contributed by atoms with Crippen LogP contribution in [-0.2, 0) is 0 Å². The molecular weight excluding hydrogens is 356 g/mol. The Morgan fingerprint density at radius 2 is 2.17 bits per heavy atom. The summed E-state index contributed by atoms with van der Waals surface area (Å²) in [5, 5.41) is 10.1. The van der Waals surface area contributed by atoms with Gasteiger partial charge in [0.05, 0.1) is 6.10 Å². The molecule has 1 spiro atoms. The van der Waals surface area contributed by atoms with Gasteiger partial charge in [-0.25, -0.2) is 0 Å². The Bertz CT molecular complexity index is 422. The van der Waals surface area contributed by atoms with Crippen molar-refractivity contribution >= 4 is 31.9 Å². The number of allylic oxidation sites excluding steroid dienone is 3. The zero-order valence-corrected chi connectivity index (χ0v) is 14.1. The fourth-order valence-corrected chi connectivity index (χ4v) is 4.38. The first kappa shape index (κ1) is 14.5. The number of alkyl halides is 1. The number of halogens is 2. The molecule has 100 valence electrons. The van der Waals surface area contributed by atoms with E-state index in [0.717, 1.165) is 12.8 Å². The van der Waals surface area contributed by atoms with Crippen LogP contribution in [0.3, 0.4) is 0 Å². The molecule has 2 rings (SSSR count). The lowest BCUT2D eigenvalue weighted by Crippen LogP contribution is -2.53. The van der Waals surface area contributed by atoms with Crippen molar-refractivity contribution in [1.29, 1.82) is 0 Å². The van der Waals surface area contributed by atoms with Crippen LogP contribution >= 0.6 is 31.9 Å². The second-order valence-electron chi connectivity index (χ2n) is 5.99. The summed E-state index contributed by atoms with van der Waals surface area (Å²) in [6.45, 7) is 8.72. The van der Waals surface area contributed by atoms with Crippen LogP contribution in [0, 0.1) is 10.8 Å². The van der Waals surface area contributed by atoms with Crippen molar-refractivity contribution in [3.63, 3.8) is 0 Å². The largest absolute Gasteiger partial charge is 0.392 e. The predicted molar refractivity (Wildman–Crippen MR) is 84.1 cm³/mol. The quantitative estimate of drug-likeness (QED) is 0.480. The first-order valence-corrected chi connectivity index (χ1v) is 8.17. The van der Waals surface area contributed by atoms with E-state index in [4.69, 9.17) is 0 Å². The van der Waals surface area contributed by atoms with Crippen molar-refractivity contribution in [2.45, 2.75) is 44.0 Å². The van der Waals surface area contributed by atoms with Gasteiger partial charge in [-0.1, -0.05) is 70.0 Å². The SMILES string of the molecule is C=C1C[C@@H](O)[C@@H](Br)C(C)(C)[C@@]12C=C/C(=C\Br)CC2. The van der Waals surface area contributed by atoms with E-state index in [0.29, 0.717) is 6.42 Å². The molecule has 0 heterocycles. The molecule has 0 saturated heterocycles. The highest BCUT2D eigenvalue weighted by molar-refractivity contribution is 9.11. The van der Waals surface area contributed by atoms with Gasteiger partial charge in [0.2, 0.25) is 0 Å². The first-order chi connectivity index (χ1) is 8.35. The Labute approximate surface area is 126 Å². The Morgan fingerprint density at radius 3 is 2.67 bits per heavy atom. The smallest absolute Gasteiger partial charge is 0.0708 e. The summed E-state index contributed by atoms with van der Waals surface area (Å²) in [5.74, 6) is 0. The van der Waals surface area contributed by atoms with Crippen LogP contribution in [0.1, 0.15) is 33.1 Å². The fraction of sp³-hybridized carbons (Fsp3) is 0.600. The molecule has 3 heteroatoms. The van der Waals surface area contributed by atoms with Crippen LogP contribution in [0.2, 0.25) is 0 Å². The molecule has 2 aliphatic carbocycles. The zero-order valence-electron chi connectivity index (χ0n) is 10.9. The first-order valence-electron chi connectivity index (χ1n) is 6.34. The molecule has 0 bridgehead atoms. The van der Waals surface area contributed by atoms with Gasteiger partial charge in [-0.3, -0.25) is 0 Å². The minimum Gasteiger partial charge on any atom is -0.392 e. The minimum absolute atomic E-state index is 0.0000926. The van der Waals surface area contributed by atoms with Gasteiger partial charge in [0.15, 0.2) is 0 Å². The lowest BCUT2D eigenvalue weighted by Gasteiger charge is -2.55. The topological polar surface area (TPSA) is 20.2 Å². The van der Waals surface area contributed by atoms with Crippen LogP contribution in [0.5, 0.6) is 0 Å². The maximum absolute atomic E-state index is 10.1. The van der Waals surface area contributed by atoms with E-state index in [1.807, 2.05) is 4.99 Å². The minimum atomic E-state index is -0.334. The Morgan fingerprint density at radius 1 is 1.50 bits per heavy atom. The summed E-state index contributed by atoms with van der Waals surface area (Å²) in [5.41, 5.74) is 2.46. The van der Waals surface area contributed by atoms with Gasteiger partial charge < -0.3 is 5.11 Å². The third-order valence-electron chi connectivity index (χ3n) is 4.79. The average molecular weight is 376 g/mol. The number of aliphatic hydroxyl groups excluding tert-OH is 1. The van der Waals surface area contributed by atoms with Crippen molar-refractivity contribution in [1.82, 2.24) is 0 Å². The third kappa shape index (κ3) is 1.99. The molecule has 1 saturated carbocycles. The van der Waals surface area contributed by atoms with E-state index in [2.05, 4.69) is 64.4 Å². The van der Waals surface area contributed by atoms with Gasteiger partial charge in [0.1, 0.15) is 0 Å². The summed E-state index contributed by atoms with van der Waals surface area (Å²) in [7, 11) is 0. The molecule has 1 N–H and O–H groups in total. The fourth-order valence-electron chi connectivity index (χ4n) is 3.40. The highest BCUT2D eigenvalue weighted by Gasteiger charge is 2.54. The summed E-state index contributed by atoms with van der Waals surface area (Å²) >= 11 is 7.10. The van der Waals surface area contributed by atoms with Gasteiger partial charge in [0, 0.05) is 10.2 Å². The van der Waals surface area contributed by atoms with E-state index in [9.17, 15) is 5.11 Å². The second kappa shape index (κ2) is 4.92. The maximum Gasteiger partial charge on any atom is 0.0708 e. The molecular formula is C15H20Br2O. The Kier molecular flexibility index (Phi) is 3.97. The van der Waals surface area contributed by atoms with Crippen molar-refractivity contribution in [3.05, 3.63) is 34.9 Å². The monoisotopic (exact) mass is 374 g/mol. The van der Waals surface area contributed by atoms with Gasteiger partial charge in [0.25, 0.3) is 0 Å². The molecule has 18 heavy (non-hydrogen) atoms. The van der Waals surface area contributed by atoms with Crippen molar-refractivity contribution < 1.29 is 5.11 Å². The van der Waals surface area contributed by atoms with Crippen LogP contribution in [0.25, 0.3) is 0 Å². The molecule has 1 nitrogen and oxygen atoms in total. The summed E-state index contributed by atoms with van der Waals surface area (Å²) in [4.78, 5) is 2.10. The molecule has 1 fully saturated rings. The van der Waals surface area contributed by atoms with Gasteiger partial charge >= 0.3 is 0 Å². The number of aliphatic hydroxyl groups is 1. The molecule has 0 aromatic carbocycles. The maximum atomic E-state index is 10.1. The van der Waals surface area contributed by atoms with Crippen LogP contribution in [0.4, 0.5) is 0 Å². The van der Waals surface area contributed by atoms with Gasteiger partial charge in [-0.15, -0.1) is 0 Å². The van der Waals surface area contributed by atoms with Gasteiger partial charge in [-0.05, 0) is 35.2 Å². The third-order valence-corrected chi connectivity index (χ3v) is 7.14. The van der Waals surface area contributed by atoms with E-state index in [1.165, 1.54) is 11.1 Å². The zero-order chi connectivity index (χ0) is 13.6. The highest BCUT2D eigenvalue weighted by atomic mass is 79.9. The van der Waals surface area contributed by atoms with E-state index < -0.39 is 0 Å². The van der Waals surface area contributed by atoms with E-state index in [1.54, 1.807) is 0 Å².